The van der Waals surface area contributed by atoms with Crippen molar-refractivity contribution in [2.75, 3.05) is 18.4 Å². The monoisotopic (exact) mass is 474 g/mol. The van der Waals surface area contributed by atoms with Gasteiger partial charge in [0.15, 0.2) is 0 Å². The van der Waals surface area contributed by atoms with Gasteiger partial charge in [-0.25, -0.2) is 8.42 Å². The van der Waals surface area contributed by atoms with Crippen LogP contribution < -0.4 is 5.32 Å². The summed E-state index contributed by atoms with van der Waals surface area (Å²) in [5.41, 5.74) is 1.39. The first kappa shape index (κ1) is 22.3. The van der Waals surface area contributed by atoms with Crippen molar-refractivity contribution in [1.29, 1.82) is 0 Å². The standard InChI is InChI=1S/C22H23ClN4O4S/c1-14-3-2-10-27(13-14)32(30,31)17-7-5-16(6-8-17)24-22(29)20-12-19(25-26-20)18-11-15(23)4-9-21(18)28/h4-9,11-12,14,28H,2-3,10,13H2,1H3,(H,24,29)(H,25,26). The Hall–Kier alpha value is -2.88. The molecule has 2 heterocycles. The van der Waals surface area contributed by atoms with E-state index in [1.807, 2.05) is 0 Å². The second kappa shape index (κ2) is 8.93. The molecule has 1 fully saturated rings. The number of hydrogen-bond donors (Lipinski definition) is 3. The lowest BCUT2D eigenvalue weighted by atomic mass is 10.0. The number of H-pyrrole nitrogens is 1. The SMILES string of the molecule is CC1CCCN(S(=O)(=O)c2ccc(NC(=O)c3cc(-c4cc(Cl)ccc4O)n[nH]3)cc2)C1. The van der Waals surface area contributed by atoms with Gasteiger partial charge < -0.3 is 10.4 Å². The highest BCUT2D eigenvalue weighted by Crippen LogP contribution is 2.31. The minimum atomic E-state index is -3.56. The molecule has 4 rings (SSSR count). The lowest BCUT2D eigenvalue weighted by Crippen LogP contribution is -2.39. The highest BCUT2D eigenvalue weighted by molar-refractivity contribution is 7.89. The Morgan fingerprint density at radius 1 is 1.22 bits per heavy atom. The van der Waals surface area contributed by atoms with E-state index in [-0.39, 0.29) is 16.3 Å². The minimum Gasteiger partial charge on any atom is -0.507 e. The van der Waals surface area contributed by atoms with Crippen LogP contribution in [0.25, 0.3) is 11.3 Å². The van der Waals surface area contributed by atoms with Gasteiger partial charge in [-0.1, -0.05) is 18.5 Å². The Labute approximate surface area is 191 Å². The molecule has 1 aliphatic rings. The third kappa shape index (κ3) is 4.64. The fourth-order valence-corrected chi connectivity index (χ4v) is 5.48. The van der Waals surface area contributed by atoms with Gasteiger partial charge in [0.2, 0.25) is 10.0 Å². The number of hydrogen-bond acceptors (Lipinski definition) is 5. The summed E-state index contributed by atoms with van der Waals surface area (Å²) in [4.78, 5) is 12.8. The van der Waals surface area contributed by atoms with Crippen molar-refractivity contribution in [2.45, 2.75) is 24.7 Å². The predicted molar refractivity (Wildman–Crippen MR) is 122 cm³/mol. The molecule has 3 N–H and O–H groups in total. The molecule has 1 unspecified atom stereocenters. The van der Waals surface area contributed by atoms with Crippen LogP contribution in [0, 0.1) is 5.92 Å². The van der Waals surface area contributed by atoms with Crippen LogP contribution in [0.4, 0.5) is 5.69 Å². The fourth-order valence-electron chi connectivity index (χ4n) is 3.71. The van der Waals surface area contributed by atoms with Gasteiger partial charge in [-0.3, -0.25) is 9.89 Å². The van der Waals surface area contributed by atoms with Gasteiger partial charge in [-0.15, -0.1) is 0 Å². The molecular formula is C22H23ClN4O4S. The van der Waals surface area contributed by atoms with Gasteiger partial charge >= 0.3 is 0 Å². The van der Waals surface area contributed by atoms with Crippen molar-refractivity contribution < 1.29 is 18.3 Å². The molecule has 3 aromatic rings. The fraction of sp³-hybridized carbons (Fsp3) is 0.273. The Kier molecular flexibility index (Phi) is 6.23. The van der Waals surface area contributed by atoms with Crippen LogP contribution in [0.2, 0.25) is 5.02 Å². The molecular weight excluding hydrogens is 452 g/mol. The van der Waals surface area contributed by atoms with Crippen molar-refractivity contribution in [1.82, 2.24) is 14.5 Å². The van der Waals surface area contributed by atoms with Gasteiger partial charge in [0.05, 0.1) is 10.6 Å². The number of carbonyl (C=O) groups excluding carboxylic acids is 1. The lowest BCUT2D eigenvalue weighted by molar-refractivity contribution is 0.102. The number of amides is 1. The van der Waals surface area contributed by atoms with E-state index in [1.54, 1.807) is 24.3 Å². The molecule has 32 heavy (non-hydrogen) atoms. The van der Waals surface area contributed by atoms with Crippen molar-refractivity contribution in [3.05, 3.63) is 59.2 Å². The second-order valence-electron chi connectivity index (χ2n) is 7.92. The summed E-state index contributed by atoms with van der Waals surface area (Å²) in [5, 5.41) is 19.8. The highest BCUT2D eigenvalue weighted by Gasteiger charge is 2.28. The third-order valence-electron chi connectivity index (χ3n) is 5.43. The van der Waals surface area contributed by atoms with Crippen molar-refractivity contribution in [3.8, 4) is 17.0 Å². The second-order valence-corrected chi connectivity index (χ2v) is 10.3. The maximum Gasteiger partial charge on any atom is 0.273 e. The average molecular weight is 475 g/mol. The smallest absolute Gasteiger partial charge is 0.273 e. The topological polar surface area (TPSA) is 115 Å². The quantitative estimate of drug-likeness (QED) is 0.514. The van der Waals surface area contributed by atoms with Crippen LogP contribution in [-0.4, -0.2) is 47.0 Å². The van der Waals surface area contributed by atoms with Crippen LogP contribution >= 0.6 is 11.6 Å². The first-order valence-corrected chi connectivity index (χ1v) is 12.0. The number of aromatic nitrogens is 2. The molecule has 1 amide bonds. The molecule has 0 saturated carbocycles. The normalized spacial score (nSPS) is 17.2. The van der Waals surface area contributed by atoms with Crippen molar-refractivity contribution >= 4 is 33.2 Å². The zero-order valence-corrected chi connectivity index (χ0v) is 18.9. The third-order valence-corrected chi connectivity index (χ3v) is 7.54. The maximum atomic E-state index is 12.9. The van der Waals surface area contributed by atoms with Gasteiger partial charge in [0, 0.05) is 29.4 Å². The Morgan fingerprint density at radius 2 is 1.97 bits per heavy atom. The number of phenols is 1. The van der Waals surface area contributed by atoms with E-state index in [1.165, 1.54) is 28.6 Å². The maximum absolute atomic E-state index is 12.9. The number of piperidine rings is 1. The Morgan fingerprint density at radius 3 is 2.69 bits per heavy atom. The number of halogens is 1. The molecule has 0 bridgehead atoms. The van der Waals surface area contributed by atoms with E-state index in [4.69, 9.17) is 11.6 Å². The van der Waals surface area contributed by atoms with Crippen LogP contribution in [-0.2, 0) is 10.0 Å². The Balaban J connectivity index is 1.47. The Bertz CT molecular complexity index is 1240. The first-order valence-electron chi connectivity index (χ1n) is 10.2. The lowest BCUT2D eigenvalue weighted by Gasteiger charge is -2.30. The van der Waals surface area contributed by atoms with Crippen LogP contribution in [0.15, 0.2) is 53.4 Å². The van der Waals surface area contributed by atoms with Gasteiger partial charge in [0.1, 0.15) is 11.4 Å². The van der Waals surface area contributed by atoms with E-state index < -0.39 is 15.9 Å². The molecule has 1 aliphatic heterocycles. The number of rotatable bonds is 5. The number of sulfonamides is 1. The zero-order chi connectivity index (χ0) is 22.9. The molecule has 10 heteroatoms. The minimum absolute atomic E-state index is 0.00671. The molecule has 0 radical (unpaired) electrons. The molecule has 8 nitrogen and oxygen atoms in total. The number of aromatic hydroxyl groups is 1. The summed E-state index contributed by atoms with van der Waals surface area (Å²) in [6.07, 6.45) is 1.89. The summed E-state index contributed by atoms with van der Waals surface area (Å²) < 4.78 is 27.3. The molecule has 1 aromatic heterocycles. The van der Waals surface area contributed by atoms with E-state index >= 15 is 0 Å². The molecule has 0 spiro atoms. The number of aromatic amines is 1. The first-order chi connectivity index (χ1) is 15.2. The van der Waals surface area contributed by atoms with Gasteiger partial charge in [0.25, 0.3) is 5.91 Å². The summed E-state index contributed by atoms with van der Waals surface area (Å²) in [5.74, 6) is -0.122. The molecule has 1 saturated heterocycles. The zero-order valence-electron chi connectivity index (χ0n) is 17.4. The number of benzene rings is 2. The van der Waals surface area contributed by atoms with Crippen LogP contribution in [0.5, 0.6) is 5.75 Å². The highest BCUT2D eigenvalue weighted by atomic mass is 35.5. The van der Waals surface area contributed by atoms with Crippen molar-refractivity contribution in [3.63, 3.8) is 0 Å². The number of nitrogens with one attached hydrogen (secondary N) is 2. The largest absolute Gasteiger partial charge is 0.507 e. The van der Waals surface area contributed by atoms with Crippen molar-refractivity contribution in [2.24, 2.45) is 5.92 Å². The summed E-state index contributed by atoms with van der Waals surface area (Å²) in [6, 6.07) is 12.1. The number of carbonyl (C=O) groups is 1. The molecule has 0 aliphatic carbocycles. The molecule has 168 valence electrons. The number of anilines is 1. The van der Waals surface area contributed by atoms with Crippen LogP contribution in [0.1, 0.15) is 30.3 Å². The van der Waals surface area contributed by atoms with Crippen LogP contribution in [0.3, 0.4) is 0 Å². The molecule has 2 aromatic carbocycles. The van der Waals surface area contributed by atoms with Gasteiger partial charge in [-0.2, -0.15) is 9.40 Å². The summed E-state index contributed by atoms with van der Waals surface area (Å²) in [6.45, 7) is 3.09. The van der Waals surface area contributed by atoms with Gasteiger partial charge in [-0.05, 0) is 67.3 Å². The summed E-state index contributed by atoms with van der Waals surface area (Å²) >= 11 is 5.97. The average Bonchev–Trinajstić information content (AvgIpc) is 3.26. The number of nitrogens with zero attached hydrogens (tertiary/aromatic N) is 2. The van der Waals surface area contributed by atoms with E-state index in [2.05, 4.69) is 22.4 Å². The van der Waals surface area contributed by atoms with E-state index in [9.17, 15) is 18.3 Å². The summed E-state index contributed by atoms with van der Waals surface area (Å²) in [7, 11) is -3.56. The number of phenolic OH excluding ortho intramolecular Hbond substituents is 1. The molecule has 1 atom stereocenters. The predicted octanol–water partition coefficient (Wildman–Crippen LogP) is 4.11. The van der Waals surface area contributed by atoms with E-state index in [0.29, 0.717) is 41.0 Å². The van der Waals surface area contributed by atoms with E-state index in [0.717, 1.165) is 12.8 Å².